The number of aliphatic imine (C=N–C) groups is 1. The van der Waals surface area contributed by atoms with E-state index in [1.54, 1.807) is 0 Å². The van der Waals surface area contributed by atoms with E-state index in [0.717, 1.165) is 30.7 Å². The van der Waals surface area contributed by atoms with Crippen LogP contribution in [-0.2, 0) is 13.6 Å². The fourth-order valence-corrected chi connectivity index (χ4v) is 3.92. The van der Waals surface area contributed by atoms with Gasteiger partial charge in [-0.3, -0.25) is 4.90 Å². The van der Waals surface area contributed by atoms with E-state index in [1.165, 1.54) is 25.7 Å². The molecule has 0 amide bonds. The van der Waals surface area contributed by atoms with E-state index in [1.807, 2.05) is 18.5 Å². The average molecular weight is 362 g/mol. The van der Waals surface area contributed by atoms with Crippen LogP contribution in [0.1, 0.15) is 58.1 Å². The van der Waals surface area contributed by atoms with E-state index >= 15 is 0 Å². The summed E-state index contributed by atoms with van der Waals surface area (Å²) in [6.45, 7) is 11.6. The molecule has 1 saturated heterocycles. The second-order valence-corrected chi connectivity index (χ2v) is 8.29. The van der Waals surface area contributed by atoms with Crippen molar-refractivity contribution in [3.63, 3.8) is 0 Å². The Hall–Kier alpha value is -1.63. The molecule has 2 heterocycles. The summed E-state index contributed by atoms with van der Waals surface area (Å²) in [4.78, 5) is 7.40. The summed E-state index contributed by atoms with van der Waals surface area (Å²) in [5.41, 5.74) is 0. The van der Waals surface area contributed by atoms with Crippen LogP contribution >= 0.6 is 0 Å². The first-order valence-corrected chi connectivity index (χ1v) is 10.1. The summed E-state index contributed by atoms with van der Waals surface area (Å²) < 4.78 is 2.01. The van der Waals surface area contributed by atoms with Gasteiger partial charge in [0, 0.05) is 38.3 Å². The lowest BCUT2D eigenvalue weighted by Gasteiger charge is -2.24. The van der Waals surface area contributed by atoms with E-state index in [9.17, 15) is 0 Å². The van der Waals surface area contributed by atoms with Crippen molar-refractivity contribution in [3.8, 4) is 0 Å². The van der Waals surface area contributed by atoms with Gasteiger partial charge in [0.1, 0.15) is 12.4 Å². The maximum Gasteiger partial charge on any atom is 0.192 e. The highest BCUT2D eigenvalue weighted by molar-refractivity contribution is 5.80. The van der Waals surface area contributed by atoms with Crippen molar-refractivity contribution < 1.29 is 0 Å². The van der Waals surface area contributed by atoms with Crippen molar-refractivity contribution in [2.45, 2.75) is 78.0 Å². The predicted octanol–water partition coefficient (Wildman–Crippen LogP) is 1.83. The molecule has 0 aromatic carbocycles. The number of hydrogen-bond acceptors (Lipinski definition) is 4. The van der Waals surface area contributed by atoms with Crippen molar-refractivity contribution in [1.29, 1.82) is 0 Å². The van der Waals surface area contributed by atoms with Crippen LogP contribution in [0.5, 0.6) is 0 Å². The van der Waals surface area contributed by atoms with Gasteiger partial charge in [0.2, 0.25) is 0 Å². The molecule has 2 fully saturated rings. The molecule has 1 saturated carbocycles. The Morgan fingerprint density at radius 2 is 1.92 bits per heavy atom. The maximum atomic E-state index is 4.85. The lowest BCUT2D eigenvalue weighted by molar-refractivity contribution is 0.265. The molecule has 0 spiro atoms. The van der Waals surface area contributed by atoms with Crippen LogP contribution < -0.4 is 10.6 Å². The number of aromatic nitrogens is 3. The summed E-state index contributed by atoms with van der Waals surface area (Å²) in [5.74, 6) is 3.37. The van der Waals surface area contributed by atoms with Crippen molar-refractivity contribution in [1.82, 2.24) is 30.3 Å². The minimum atomic E-state index is 0.436. The van der Waals surface area contributed by atoms with Gasteiger partial charge in [-0.05, 0) is 39.5 Å². The van der Waals surface area contributed by atoms with Crippen molar-refractivity contribution in [2.24, 2.45) is 18.0 Å². The van der Waals surface area contributed by atoms with Gasteiger partial charge in [-0.2, -0.15) is 0 Å². The number of hydrogen-bond donors (Lipinski definition) is 2. The number of nitrogens with zero attached hydrogens (tertiary/aromatic N) is 5. The van der Waals surface area contributed by atoms with Crippen LogP contribution in [0.25, 0.3) is 0 Å². The summed E-state index contributed by atoms with van der Waals surface area (Å²) in [5, 5.41) is 15.8. The molecule has 7 heteroatoms. The Bertz CT molecular complexity index is 615. The molecule has 1 aliphatic carbocycles. The summed E-state index contributed by atoms with van der Waals surface area (Å²) in [6.07, 6.45) is 5.10. The smallest absolute Gasteiger partial charge is 0.192 e. The van der Waals surface area contributed by atoms with Gasteiger partial charge in [0.05, 0.1) is 0 Å². The van der Waals surface area contributed by atoms with E-state index in [2.05, 4.69) is 46.5 Å². The number of rotatable bonds is 5. The minimum absolute atomic E-state index is 0.436. The van der Waals surface area contributed by atoms with Crippen LogP contribution in [0, 0.1) is 12.8 Å². The van der Waals surface area contributed by atoms with Crippen LogP contribution in [0.3, 0.4) is 0 Å². The highest BCUT2D eigenvalue weighted by atomic mass is 15.3. The molecule has 1 aliphatic heterocycles. The lowest BCUT2D eigenvalue weighted by Crippen LogP contribution is -2.49. The first-order valence-electron chi connectivity index (χ1n) is 10.1. The molecule has 2 N–H and O–H groups in total. The van der Waals surface area contributed by atoms with Gasteiger partial charge in [0.15, 0.2) is 11.8 Å². The molecular formula is C19H35N7. The second-order valence-electron chi connectivity index (χ2n) is 8.29. The number of likely N-dealkylation sites (tertiary alicyclic amines) is 1. The molecule has 0 bridgehead atoms. The third-order valence-corrected chi connectivity index (χ3v) is 5.95. The quantitative estimate of drug-likeness (QED) is 0.618. The molecule has 3 rings (SSSR count). The largest absolute Gasteiger partial charge is 0.354 e. The zero-order valence-corrected chi connectivity index (χ0v) is 17.0. The Balaban J connectivity index is 1.68. The van der Waals surface area contributed by atoms with Gasteiger partial charge in [-0.25, -0.2) is 4.99 Å². The maximum absolute atomic E-state index is 4.85. The summed E-state index contributed by atoms with van der Waals surface area (Å²) in [7, 11) is 2.00. The molecule has 146 valence electrons. The summed E-state index contributed by atoms with van der Waals surface area (Å²) >= 11 is 0. The molecule has 1 aromatic heterocycles. The van der Waals surface area contributed by atoms with Crippen molar-refractivity contribution >= 4 is 5.96 Å². The molecule has 2 unspecified atom stereocenters. The molecule has 26 heavy (non-hydrogen) atoms. The standard InChI is InChI=1S/C19H35N7/c1-13(2)26-11-14(3)17(12-26)22-19(21-16-8-6-7-9-16)20-10-18-24-23-15(4)25(18)5/h13-14,16-17H,6-12H2,1-5H3,(H2,20,21,22). The fourth-order valence-electron chi connectivity index (χ4n) is 3.92. The van der Waals surface area contributed by atoms with E-state index in [4.69, 9.17) is 4.99 Å². The van der Waals surface area contributed by atoms with Crippen LogP contribution in [0.4, 0.5) is 0 Å². The van der Waals surface area contributed by atoms with E-state index in [-0.39, 0.29) is 0 Å². The molecule has 2 atom stereocenters. The van der Waals surface area contributed by atoms with Gasteiger partial charge in [-0.15, -0.1) is 10.2 Å². The fraction of sp³-hybridized carbons (Fsp3) is 0.842. The molecule has 2 aliphatic rings. The van der Waals surface area contributed by atoms with E-state index < -0.39 is 0 Å². The lowest BCUT2D eigenvalue weighted by atomic mass is 10.1. The molecule has 7 nitrogen and oxygen atoms in total. The minimum Gasteiger partial charge on any atom is -0.354 e. The Kier molecular flexibility index (Phi) is 6.16. The molecular weight excluding hydrogens is 326 g/mol. The van der Waals surface area contributed by atoms with Gasteiger partial charge in [0.25, 0.3) is 0 Å². The van der Waals surface area contributed by atoms with Crippen molar-refractivity contribution in [3.05, 3.63) is 11.6 Å². The Labute approximate surface area is 157 Å². The van der Waals surface area contributed by atoms with Crippen LogP contribution in [-0.4, -0.2) is 56.8 Å². The Morgan fingerprint density at radius 3 is 2.50 bits per heavy atom. The topological polar surface area (TPSA) is 70.4 Å². The van der Waals surface area contributed by atoms with E-state index in [0.29, 0.717) is 30.6 Å². The van der Waals surface area contributed by atoms with Gasteiger partial charge in [-0.1, -0.05) is 19.8 Å². The van der Waals surface area contributed by atoms with Gasteiger partial charge < -0.3 is 15.2 Å². The van der Waals surface area contributed by atoms with Crippen molar-refractivity contribution in [2.75, 3.05) is 13.1 Å². The SMILES string of the molecule is Cc1nnc(CN=C(NC2CCCC2)NC2CN(C(C)C)CC2C)n1C. The zero-order chi connectivity index (χ0) is 18.7. The zero-order valence-electron chi connectivity index (χ0n) is 17.0. The monoisotopic (exact) mass is 361 g/mol. The highest BCUT2D eigenvalue weighted by Gasteiger charge is 2.31. The summed E-state index contributed by atoms with van der Waals surface area (Å²) in [6, 6.07) is 1.57. The average Bonchev–Trinajstić information content (AvgIpc) is 3.30. The third-order valence-electron chi connectivity index (χ3n) is 5.95. The van der Waals surface area contributed by atoms with Crippen LogP contribution in [0.2, 0.25) is 0 Å². The highest BCUT2D eigenvalue weighted by Crippen LogP contribution is 2.20. The molecule has 1 aromatic rings. The predicted molar refractivity (Wildman–Crippen MR) is 105 cm³/mol. The molecule has 0 radical (unpaired) electrons. The third kappa shape index (κ3) is 4.55. The first kappa shape index (κ1) is 19.1. The first-order chi connectivity index (χ1) is 12.4. The Morgan fingerprint density at radius 1 is 1.19 bits per heavy atom. The number of guanidine groups is 1. The number of nitrogens with one attached hydrogen (secondary N) is 2. The normalized spacial score (nSPS) is 25.4. The number of aryl methyl sites for hydroxylation is 1. The van der Waals surface area contributed by atoms with Gasteiger partial charge >= 0.3 is 0 Å². The van der Waals surface area contributed by atoms with Crippen LogP contribution in [0.15, 0.2) is 4.99 Å². The second kappa shape index (κ2) is 8.37.